The molecule has 0 spiro atoms. The molecule has 0 bridgehead atoms. The second-order valence-electron chi connectivity index (χ2n) is 5.57. The van der Waals surface area contributed by atoms with Gasteiger partial charge in [-0.15, -0.1) is 0 Å². The van der Waals surface area contributed by atoms with Gasteiger partial charge in [0.15, 0.2) is 0 Å². The molecule has 0 aliphatic carbocycles. The lowest BCUT2D eigenvalue weighted by atomic mass is 10.3. The third kappa shape index (κ3) is 4.00. The van der Waals surface area contributed by atoms with Gasteiger partial charge < -0.3 is 20.9 Å². The number of nitrogen functional groups attached to an aromatic ring is 1. The Hall–Kier alpha value is -2.81. The second-order valence-corrected chi connectivity index (χ2v) is 6.00. The minimum absolute atomic E-state index is 0.000865. The highest BCUT2D eigenvalue weighted by atomic mass is 35.5. The summed E-state index contributed by atoms with van der Waals surface area (Å²) in [6, 6.07) is 6.65. The highest BCUT2D eigenvalue weighted by Crippen LogP contribution is 2.15. The maximum atomic E-state index is 12.4. The van der Waals surface area contributed by atoms with Gasteiger partial charge in [-0.2, -0.15) is 0 Å². The lowest BCUT2D eigenvalue weighted by Crippen LogP contribution is -2.39. The zero-order valence-electron chi connectivity index (χ0n) is 13.3. The van der Waals surface area contributed by atoms with Crippen LogP contribution < -0.4 is 11.1 Å². The van der Waals surface area contributed by atoms with Crippen LogP contribution in [0.25, 0.3) is 0 Å². The lowest BCUT2D eigenvalue weighted by molar-refractivity contribution is 0.0752. The maximum Gasteiger partial charge on any atom is 0.321 e. The number of hydrogen-bond acceptors (Lipinski definition) is 6. The first-order chi connectivity index (χ1) is 12.0. The van der Waals surface area contributed by atoms with E-state index in [1.165, 1.54) is 0 Å². The fourth-order valence-electron chi connectivity index (χ4n) is 2.55. The van der Waals surface area contributed by atoms with Crippen molar-refractivity contribution in [3.05, 3.63) is 35.0 Å². The first kappa shape index (κ1) is 17.0. The SMILES string of the molecule is Nc1nonc1C(=O)N1CCCN(C(=O)Nc2ccc(Cl)cc2)CC1. The summed E-state index contributed by atoms with van der Waals surface area (Å²) in [7, 11) is 0. The van der Waals surface area contributed by atoms with Gasteiger partial charge in [-0.25, -0.2) is 9.42 Å². The molecule has 1 aromatic carbocycles. The van der Waals surface area contributed by atoms with Gasteiger partial charge >= 0.3 is 6.03 Å². The topological polar surface area (TPSA) is 118 Å². The van der Waals surface area contributed by atoms with Crippen molar-refractivity contribution in [3.63, 3.8) is 0 Å². The van der Waals surface area contributed by atoms with E-state index in [1.807, 2.05) is 0 Å². The van der Waals surface area contributed by atoms with Crippen molar-refractivity contribution in [1.29, 1.82) is 0 Å². The van der Waals surface area contributed by atoms with Gasteiger partial charge in [0.1, 0.15) is 0 Å². The van der Waals surface area contributed by atoms with E-state index in [9.17, 15) is 9.59 Å². The third-order valence-corrected chi connectivity index (χ3v) is 4.13. The average molecular weight is 365 g/mol. The van der Waals surface area contributed by atoms with Crippen LogP contribution in [0.15, 0.2) is 28.9 Å². The van der Waals surface area contributed by atoms with Crippen LogP contribution in [0.4, 0.5) is 16.3 Å². The largest absolute Gasteiger partial charge is 0.379 e. The molecular weight excluding hydrogens is 348 g/mol. The number of carbonyl (C=O) groups excluding carboxylic acids is 2. The summed E-state index contributed by atoms with van der Waals surface area (Å²) in [6.45, 7) is 1.81. The van der Waals surface area contributed by atoms with Crippen molar-refractivity contribution in [2.45, 2.75) is 6.42 Å². The Morgan fingerprint density at radius 2 is 1.76 bits per heavy atom. The molecule has 1 saturated heterocycles. The first-order valence-corrected chi connectivity index (χ1v) is 8.11. The summed E-state index contributed by atoms with van der Waals surface area (Å²) in [5.41, 5.74) is 6.22. The summed E-state index contributed by atoms with van der Waals surface area (Å²) in [4.78, 5) is 28.0. The van der Waals surface area contributed by atoms with Crippen LogP contribution in [0, 0.1) is 0 Å². The fraction of sp³-hybridized carbons (Fsp3) is 0.333. The van der Waals surface area contributed by atoms with Crippen LogP contribution in [0.1, 0.15) is 16.9 Å². The van der Waals surface area contributed by atoms with Gasteiger partial charge in [0.05, 0.1) is 0 Å². The molecule has 0 radical (unpaired) electrons. The molecule has 2 heterocycles. The number of aromatic nitrogens is 2. The van der Waals surface area contributed by atoms with E-state index >= 15 is 0 Å². The molecule has 0 saturated carbocycles. The second kappa shape index (κ2) is 7.39. The molecule has 3 amide bonds. The molecule has 1 aliphatic heterocycles. The van der Waals surface area contributed by atoms with Gasteiger partial charge in [0, 0.05) is 36.9 Å². The van der Waals surface area contributed by atoms with Crippen LogP contribution in [-0.4, -0.2) is 58.2 Å². The van der Waals surface area contributed by atoms with Crippen LogP contribution in [0.3, 0.4) is 0 Å². The molecule has 1 fully saturated rings. The summed E-state index contributed by atoms with van der Waals surface area (Å²) < 4.78 is 4.47. The van der Waals surface area contributed by atoms with E-state index in [0.29, 0.717) is 43.3 Å². The number of carbonyl (C=O) groups is 2. The van der Waals surface area contributed by atoms with E-state index in [4.69, 9.17) is 17.3 Å². The molecule has 3 rings (SSSR count). The molecule has 132 valence electrons. The van der Waals surface area contributed by atoms with E-state index in [-0.39, 0.29) is 23.5 Å². The number of nitrogens with one attached hydrogen (secondary N) is 1. The standard InChI is InChI=1S/C15H17ClN6O3/c16-10-2-4-11(5-3-10)18-15(24)22-7-1-6-21(8-9-22)14(23)12-13(17)20-25-19-12/h2-5H,1,6-9H2,(H2,17,20)(H,18,24). The molecule has 25 heavy (non-hydrogen) atoms. The van der Waals surface area contributed by atoms with Crippen LogP contribution in [0.5, 0.6) is 0 Å². The Labute approximate surface area is 148 Å². The Bertz CT molecular complexity index is 763. The number of halogens is 1. The van der Waals surface area contributed by atoms with Crippen molar-refractivity contribution in [2.75, 3.05) is 37.2 Å². The normalized spacial score (nSPS) is 14.9. The Morgan fingerprint density at radius 1 is 1.08 bits per heavy atom. The molecule has 2 aromatic rings. The van der Waals surface area contributed by atoms with Gasteiger partial charge in [0.2, 0.25) is 11.5 Å². The molecule has 0 unspecified atom stereocenters. The summed E-state index contributed by atoms with van der Waals surface area (Å²) in [5.74, 6) is -0.384. The van der Waals surface area contributed by atoms with Crippen molar-refractivity contribution < 1.29 is 14.2 Å². The fourth-order valence-corrected chi connectivity index (χ4v) is 2.68. The first-order valence-electron chi connectivity index (χ1n) is 7.73. The van der Waals surface area contributed by atoms with Crippen molar-refractivity contribution in [2.24, 2.45) is 0 Å². The molecular formula is C15H17ClN6O3. The molecule has 10 heteroatoms. The minimum atomic E-state index is -0.348. The van der Waals surface area contributed by atoms with Crippen LogP contribution in [0.2, 0.25) is 5.02 Å². The molecule has 9 nitrogen and oxygen atoms in total. The van der Waals surface area contributed by atoms with Crippen molar-refractivity contribution in [3.8, 4) is 0 Å². The van der Waals surface area contributed by atoms with Gasteiger partial charge in [-0.1, -0.05) is 11.6 Å². The van der Waals surface area contributed by atoms with Crippen LogP contribution in [-0.2, 0) is 0 Å². The number of hydrogen-bond donors (Lipinski definition) is 2. The van der Waals surface area contributed by atoms with Gasteiger partial charge in [-0.05, 0) is 41.0 Å². The number of urea groups is 1. The quantitative estimate of drug-likeness (QED) is 0.837. The molecule has 0 atom stereocenters. The zero-order chi connectivity index (χ0) is 17.8. The number of nitrogens with zero attached hydrogens (tertiary/aromatic N) is 4. The number of anilines is 2. The Morgan fingerprint density at radius 3 is 2.44 bits per heavy atom. The predicted molar refractivity (Wildman–Crippen MR) is 91.3 cm³/mol. The monoisotopic (exact) mass is 364 g/mol. The highest BCUT2D eigenvalue weighted by Gasteiger charge is 2.26. The van der Waals surface area contributed by atoms with Gasteiger partial charge in [-0.3, -0.25) is 4.79 Å². The number of benzene rings is 1. The van der Waals surface area contributed by atoms with Crippen molar-refractivity contribution >= 4 is 35.0 Å². The van der Waals surface area contributed by atoms with Gasteiger partial charge in [0.25, 0.3) is 5.91 Å². The van der Waals surface area contributed by atoms with Crippen LogP contribution >= 0.6 is 11.6 Å². The summed E-state index contributed by atoms with van der Waals surface area (Å²) in [6.07, 6.45) is 0.644. The van der Waals surface area contributed by atoms with E-state index in [2.05, 4.69) is 20.3 Å². The molecule has 3 N–H and O–H groups in total. The summed E-state index contributed by atoms with van der Waals surface area (Å²) in [5, 5.41) is 10.4. The molecule has 1 aliphatic rings. The minimum Gasteiger partial charge on any atom is -0.379 e. The number of amides is 3. The maximum absolute atomic E-state index is 12.4. The predicted octanol–water partition coefficient (Wildman–Crippen LogP) is 1.69. The number of nitrogens with two attached hydrogens (primary N) is 1. The van der Waals surface area contributed by atoms with E-state index in [0.717, 1.165) is 0 Å². The van der Waals surface area contributed by atoms with E-state index < -0.39 is 0 Å². The zero-order valence-corrected chi connectivity index (χ0v) is 14.1. The Balaban J connectivity index is 1.59. The van der Waals surface area contributed by atoms with Crippen molar-refractivity contribution in [1.82, 2.24) is 20.1 Å². The smallest absolute Gasteiger partial charge is 0.321 e. The lowest BCUT2D eigenvalue weighted by Gasteiger charge is -2.22. The average Bonchev–Trinajstić information content (AvgIpc) is 2.88. The number of rotatable bonds is 2. The molecule has 1 aromatic heterocycles. The Kier molecular flexibility index (Phi) is 5.03. The highest BCUT2D eigenvalue weighted by molar-refractivity contribution is 6.30. The van der Waals surface area contributed by atoms with E-state index in [1.54, 1.807) is 34.1 Å². The summed E-state index contributed by atoms with van der Waals surface area (Å²) >= 11 is 5.83. The third-order valence-electron chi connectivity index (χ3n) is 3.88.